The summed E-state index contributed by atoms with van der Waals surface area (Å²) in [6.07, 6.45) is 1.90. The van der Waals surface area contributed by atoms with Crippen LogP contribution < -0.4 is 5.32 Å². The van der Waals surface area contributed by atoms with Crippen molar-refractivity contribution >= 4 is 22.6 Å². The molecule has 4 heteroatoms. The van der Waals surface area contributed by atoms with Gasteiger partial charge < -0.3 is 10.3 Å². The zero-order chi connectivity index (χ0) is 13.0. The van der Waals surface area contributed by atoms with E-state index in [-0.39, 0.29) is 0 Å². The molecule has 0 spiro atoms. The number of imidazole rings is 1. The van der Waals surface area contributed by atoms with Gasteiger partial charge in [0, 0.05) is 3.57 Å². The van der Waals surface area contributed by atoms with Gasteiger partial charge in [0.15, 0.2) is 0 Å². The largest absolute Gasteiger partial charge is 0.341 e. The van der Waals surface area contributed by atoms with Gasteiger partial charge in [-0.1, -0.05) is 26.0 Å². The average Bonchev–Trinajstić information content (AvgIpc) is 2.78. The maximum Gasteiger partial charge on any atom is 0.120 e. The molecule has 0 aliphatic rings. The van der Waals surface area contributed by atoms with E-state index in [2.05, 4.69) is 76.0 Å². The molecule has 0 aliphatic heterocycles. The van der Waals surface area contributed by atoms with Crippen LogP contribution >= 0.6 is 22.6 Å². The second-order valence-electron chi connectivity index (χ2n) is 4.78. The van der Waals surface area contributed by atoms with Crippen LogP contribution in [0.3, 0.4) is 0 Å². The number of benzene rings is 1. The summed E-state index contributed by atoms with van der Waals surface area (Å²) in [5.74, 6) is 1.65. The van der Waals surface area contributed by atoms with Gasteiger partial charge in [0.2, 0.25) is 0 Å². The van der Waals surface area contributed by atoms with Crippen LogP contribution in [0.4, 0.5) is 0 Å². The number of H-pyrrole nitrogens is 1. The van der Waals surface area contributed by atoms with E-state index in [1.165, 1.54) is 9.13 Å². The molecule has 1 aromatic heterocycles. The summed E-state index contributed by atoms with van der Waals surface area (Å²) >= 11 is 2.31. The third-order valence-electron chi connectivity index (χ3n) is 2.63. The van der Waals surface area contributed by atoms with Crippen LogP contribution in [0.1, 0.15) is 19.7 Å². The molecule has 0 saturated heterocycles. The highest BCUT2D eigenvalue weighted by Gasteiger charge is 2.03. The van der Waals surface area contributed by atoms with Gasteiger partial charge in [-0.3, -0.25) is 0 Å². The Morgan fingerprint density at radius 3 is 2.67 bits per heavy atom. The SMILES string of the molecule is CC(C)CNCc1ncc(-c2ccc(I)cc2)[nH]1. The summed E-state index contributed by atoms with van der Waals surface area (Å²) in [5, 5.41) is 3.38. The number of rotatable bonds is 5. The number of aromatic amines is 1. The lowest BCUT2D eigenvalue weighted by Gasteiger charge is -2.05. The van der Waals surface area contributed by atoms with Crippen LogP contribution in [0.15, 0.2) is 30.5 Å². The fourth-order valence-corrected chi connectivity index (χ4v) is 2.07. The van der Waals surface area contributed by atoms with Gasteiger partial charge in [-0.2, -0.15) is 0 Å². The predicted octanol–water partition coefficient (Wildman–Crippen LogP) is 3.43. The van der Waals surface area contributed by atoms with Crippen molar-refractivity contribution in [2.45, 2.75) is 20.4 Å². The van der Waals surface area contributed by atoms with Crippen molar-refractivity contribution in [1.82, 2.24) is 15.3 Å². The Bertz CT molecular complexity index is 488. The van der Waals surface area contributed by atoms with Gasteiger partial charge in [0.25, 0.3) is 0 Å². The molecule has 3 nitrogen and oxygen atoms in total. The highest BCUT2D eigenvalue weighted by Crippen LogP contribution is 2.18. The topological polar surface area (TPSA) is 40.7 Å². The Balaban J connectivity index is 1.99. The van der Waals surface area contributed by atoms with Crippen molar-refractivity contribution in [2.75, 3.05) is 6.54 Å². The number of halogens is 1. The fourth-order valence-electron chi connectivity index (χ4n) is 1.71. The van der Waals surface area contributed by atoms with Crippen LogP contribution in [-0.4, -0.2) is 16.5 Å². The standard InChI is InChI=1S/C14H18IN3/c1-10(2)7-16-9-14-17-8-13(18-14)11-3-5-12(15)6-4-11/h3-6,8,10,16H,7,9H2,1-2H3,(H,17,18). The Labute approximate surface area is 122 Å². The molecule has 0 saturated carbocycles. The Hall–Kier alpha value is -0.880. The molecule has 0 atom stereocenters. The molecule has 0 radical (unpaired) electrons. The summed E-state index contributed by atoms with van der Waals surface area (Å²) in [7, 11) is 0. The van der Waals surface area contributed by atoms with Crippen LogP contribution in [-0.2, 0) is 6.54 Å². The summed E-state index contributed by atoms with van der Waals surface area (Å²) in [4.78, 5) is 7.74. The highest BCUT2D eigenvalue weighted by atomic mass is 127. The van der Waals surface area contributed by atoms with Crippen molar-refractivity contribution in [3.05, 3.63) is 39.9 Å². The maximum atomic E-state index is 4.39. The first kappa shape index (κ1) is 13.5. The Morgan fingerprint density at radius 2 is 2.00 bits per heavy atom. The molecule has 18 heavy (non-hydrogen) atoms. The van der Waals surface area contributed by atoms with Crippen LogP contribution in [0, 0.1) is 9.49 Å². The third kappa shape index (κ3) is 3.81. The van der Waals surface area contributed by atoms with Crippen LogP contribution in [0.5, 0.6) is 0 Å². The number of nitrogens with one attached hydrogen (secondary N) is 2. The molecule has 0 unspecified atom stereocenters. The molecule has 2 N–H and O–H groups in total. The summed E-state index contributed by atoms with van der Waals surface area (Å²) < 4.78 is 1.25. The van der Waals surface area contributed by atoms with Crippen LogP contribution in [0.25, 0.3) is 11.3 Å². The molecule has 0 amide bonds. The van der Waals surface area contributed by atoms with Crippen LogP contribution in [0.2, 0.25) is 0 Å². The lowest BCUT2D eigenvalue weighted by atomic mass is 10.2. The molecule has 0 aliphatic carbocycles. The van der Waals surface area contributed by atoms with E-state index in [4.69, 9.17) is 0 Å². The summed E-state index contributed by atoms with van der Waals surface area (Å²) in [6, 6.07) is 8.43. The van der Waals surface area contributed by atoms with E-state index >= 15 is 0 Å². The smallest absolute Gasteiger partial charge is 0.120 e. The first-order valence-corrected chi connectivity index (χ1v) is 7.23. The van der Waals surface area contributed by atoms with Gasteiger partial charge in [-0.25, -0.2) is 4.98 Å². The molecule has 0 fully saturated rings. The Kier molecular flexibility index (Phi) is 4.77. The third-order valence-corrected chi connectivity index (χ3v) is 3.35. The van der Waals surface area contributed by atoms with E-state index in [1.54, 1.807) is 0 Å². The molecule has 1 aromatic carbocycles. The second-order valence-corrected chi connectivity index (χ2v) is 6.02. The van der Waals surface area contributed by atoms with E-state index in [9.17, 15) is 0 Å². The molecular formula is C14H18IN3. The zero-order valence-corrected chi connectivity index (χ0v) is 12.9. The number of hydrogen-bond acceptors (Lipinski definition) is 2. The van der Waals surface area contributed by atoms with Crippen molar-refractivity contribution < 1.29 is 0 Å². The normalized spacial score (nSPS) is 11.1. The minimum atomic E-state index is 0.663. The zero-order valence-electron chi connectivity index (χ0n) is 10.7. The van der Waals surface area contributed by atoms with Gasteiger partial charge in [-0.05, 0) is 52.7 Å². The number of aromatic nitrogens is 2. The summed E-state index contributed by atoms with van der Waals surface area (Å²) in [6.45, 7) is 6.21. The minimum Gasteiger partial charge on any atom is -0.341 e. The van der Waals surface area contributed by atoms with Crippen molar-refractivity contribution in [3.63, 3.8) is 0 Å². The van der Waals surface area contributed by atoms with Gasteiger partial charge >= 0.3 is 0 Å². The average molecular weight is 355 g/mol. The monoisotopic (exact) mass is 355 g/mol. The number of nitrogens with zero attached hydrogens (tertiary/aromatic N) is 1. The first-order valence-electron chi connectivity index (χ1n) is 6.15. The van der Waals surface area contributed by atoms with Gasteiger partial charge in [0.1, 0.15) is 5.82 Å². The summed E-state index contributed by atoms with van der Waals surface area (Å²) in [5.41, 5.74) is 2.26. The second kappa shape index (κ2) is 6.33. The van der Waals surface area contributed by atoms with Crippen molar-refractivity contribution in [2.24, 2.45) is 5.92 Å². The molecule has 2 rings (SSSR count). The fraction of sp³-hybridized carbons (Fsp3) is 0.357. The molecule has 0 bridgehead atoms. The Morgan fingerprint density at radius 1 is 1.28 bits per heavy atom. The lowest BCUT2D eigenvalue weighted by molar-refractivity contribution is 0.545. The van der Waals surface area contributed by atoms with Gasteiger partial charge in [-0.15, -0.1) is 0 Å². The van der Waals surface area contributed by atoms with Crippen molar-refractivity contribution in [3.8, 4) is 11.3 Å². The molecule has 96 valence electrons. The minimum absolute atomic E-state index is 0.663. The van der Waals surface area contributed by atoms with Gasteiger partial charge in [0.05, 0.1) is 18.4 Å². The maximum absolute atomic E-state index is 4.39. The molecule has 2 aromatic rings. The van der Waals surface area contributed by atoms with Crippen molar-refractivity contribution in [1.29, 1.82) is 0 Å². The molecule has 1 heterocycles. The lowest BCUT2D eigenvalue weighted by Crippen LogP contribution is -2.19. The first-order chi connectivity index (χ1) is 8.65. The predicted molar refractivity (Wildman–Crippen MR) is 83.3 cm³/mol. The number of hydrogen-bond donors (Lipinski definition) is 2. The molecular weight excluding hydrogens is 337 g/mol. The van der Waals surface area contributed by atoms with E-state index in [1.807, 2.05) is 6.20 Å². The van der Waals surface area contributed by atoms with E-state index in [0.717, 1.165) is 24.6 Å². The highest BCUT2D eigenvalue weighted by molar-refractivity contribution is 14.1. The van der Waals surface area contributed by atoms with E-state index in [0.29, 0.717) is 5.92 Å². The quantitative estimate of drug-likeness (QED) is 0.807. The van der Waals surface area contributed by atoms with E-state index < -0.39 is 0 Å².